The van der Waals surface area contributed by atoms with Crippen molar-refractivity contribution in [3.05, 3.63) is 57.6 Å². The van der Waals surface area contributed by atoms with Crippen molar-refractivity contribution in [3.63, 3.8) is 0 Å². The van der Waals surface area contributed by atoms with Crippen molar-refractivity contribution in [2.45, 2.75) is 13.0 Å². The van der Waals surface area contributed by atoms with Crippen LogP contribution in [0, 0.1) is 0 Å². The van der Waals surface area contributed by atoms with E-state index in [1.165, 1.54) is 24.3 Å². The SMILES string of the molecule is Oc1c(Cl)cc(NCc2ccc(C(F)F)cc2)cc1Cl. The Morgan fingerprint density at radius 1 is 1.05 bits per heavy atom. The topological polar surface area (TPSA) is 32.3 Å². The van der Waals surface area contributed by atoms with Gasteiger partial charge in [-0.25, -0.2) is 8.78 Å². The number of aromatic hydroxyl groups is 1. The zero-order valence-corrected chi connectivity index (χ0v) is 11.7. The van der Waals surface area contributed by atoms with Crippen molar-refractivity contribution >= 4 is 28.9 Å². The molecule has 2 nitrogen and oxygen atoms in total. The van der Waals surface area contributed by atoms with Gasteiger partial charge < -0.3 is 10.4 Å². The summed E-state index contributed by atoms with van der Waals surface area (Å²) in [4.78, 5) is 0. The molecule has 2 rings (SSSR count). The first-order valence-electron chi connectivity index (χ1n) is 5.76. The molecule has 0 unspecified atom stereocenters. The van der Waals surface area contributed by atoms with Crippen molar-refractivity contribution in [1.82, 2.24) is 0 Å². The van der Waals surface area contributed by atoms with Gasteiger partial charge in [-0.05, 0) is 17.7 Å². The lowest BCUT2D eigenvalue weighted by atomic mass is 10.1. The average molecular weight is 318 g/mol. The van der Waals surface area contributed by atoms with Gasteiger partial charge in [0.05, 0.1) is 10.0 Å². The highest BCUT2D eigenvalue weighted by Gasteiger charge is 2.07. The number of nitrogens with one attached hydrogen (secondary N) is 1. The van der Waals surface area contributed by atoms with E-state index in [4.69, 9.17) is 23.2 Å². The van der Waals surface area contributed by atoms with Crippen LogP contribution in [0.5, 0.6) is 5.75 Å². The smallest absolute Gasteiger partial charge is 0.263 e. The molecule has 0 radical (unpaired) electrons. The molecule has 0 amide bonds. The van der Waals surface area contributed by atoms with E-state index in [1.54, 1.807) is 12.1 Å². The van der Waals surface area contributed by atoms with Crippen LogP contribution in [0.15, 0.2) is 36.4 Å². The molecule has 0 saturated carbocycles. The van der Waals surface area contributed by atoms with Crippen LogP contribution >= 0.6 is 23.2 Å². The van der Waals surface area contributed by atoms with Crippen LogP contribution in [0.25, 0.3) is 0 Å². The van der Waals surface area contributed by atoms with Crippen molar-refractivity contribution in [2.75, 3.05) is 5.32 Å². The Kier molecular flexibility index (Phi) is 4.68. The summed E-state index contributed by atoms with van der Waals surface area (Å²) in [5.41, 5.74) is 1.47. The summed E-state index contributed by atoms with van der Waals surface area (Å²) in [6, 6.07) is 9.10. The van der Waals surface area contributed by atoms with Gasteiger partial charge >= 0.3 is 0 Å². The third-order valence-corrected chi connectivity index (χ3v) is 3.32. The van der Waals surface area contributed by atoms with Crippen molar-refractivity contribution in [3.8, 4) is 5.75 Å². The highest BCUT2D eigenvalue weighted by Crippen LogP contribution is 2.34. The second kappa shape index (κ2) is 6.29. The highest BCUT2D eigenvalue weighted by molar-refractivity contribution is 6.37. The zero-order valence-electron chi connectivity index (χ0n) is 10.2. The number of alkyl halides is 2. The van der Waals surface area contributed by atoms with Crippen molar-refractivity contribution in [1.29, 1.82) is 0 Å². The van der Waals surface area contributed by atoms with Crippen LogP contribution < -0.4 is 5.32 Å². The maximum absolute atomic E-state index is 12.4. The molecule has 0 atom stereocenters. The monoisotopic (exact) mass is 317 g/mol. The standard InChI is InChI=1S/C14H11Cl2F2NO/c15-11-5-10(6-12(16)13(11)20)19-7-8-1-3-9(4-2-8)14(17)18/h1-6,14,19-20H,7H2. The Hall–Kier alpha value is -1.52. The Morgan fingerprint density at radius 3 is 2.10 bits per heavy atom. The lowest BCUT2D eigenvalue weighted by Crippen LogP contribution is -1.99. The van der Waals surface area contributed by atoms with Crippen LogP contribution in [-0.4, -0.2) is 5.11 Å². The molecular formula is C14H11Cl2F2NO. The Labute approximate surface area is 125 Å². The van der Waals surface area contributed by atoms with Crippen molar-refractivity contribution < 1.29 is 13.9 Å². The summed E-state index contributed by atoms with van der Waals surface area (Å²) in [6.45, 7) is 0.431. The summed E-state index contributed by atoms with van der Waals surface area (Å²) in [5, 5.41) is 12.8. The van der Waals surface area contributed by atoms with Gasteiger partial charge in [0.1, 0.15) is 0 Å². The van der Waals surface area contributed by atoms with Gasteiger partial charge in [-0.2, -0.15) is 0 Å². The fraction of sp³-hybridized carbons (Fsp3) is 0.143. The third-order valence-electron chi connectivity index (χ3n) is 2.75. The molecule has 106 valence electrons. The maximum atomic E-state index is 12.4. The van der Waals surface area contributed by atoms with Crippen LogP contribution in [0.1, 0.15) is 17.6 Å². The molecule has 0 aliphatic carbocycles. The van der Waals surface area contributed by atoms with E-state index >= 15 is 0 Å². The zero-order chi connectivity index (χ0) is 14.7. The van der Waals surface area contributed by atoms with Gasteiger partial charge in [0.25, 0.3) is 6.43 Å². The first-order valence-corrected chi connectivity index (χ1v) is 6.52. The molecule has 20 heavy (non-hydrogen) atoms. The number of rotatable bonds is 4. The predicted octanol–water partition coefficient (Wildman–Crippen LogP) is 5.25. The molecule has 2 aromatic carbocycles. The summed E-state index contributed by atoms with van der Waals surface area (Å²) in [5.74, 6) is -0.167. The van der Waals surface area contributed by atoms with Gasteiger partial charge in [-0.3, -0.25) is 0 Å². The molecule has 0 spiro atoms. The lowest BCUT2D eigenvalue weighted by molar-refractivity contribution is 0.151. The fourth-order valence-electron chi connectivity index (χ4n) is 1.65. The quantitative estimate of drug-likeness (QED) is 0.755. The minimum absolute atomic E-state index is 0.00975. The second-order valence-electron chi connectivity index (χ2n) is 4.18. The molecule has 0 aliphatic rings. The van der Waals surface area contributed by atoms with Gasteiger partial charge in [0, 0.05) is 17.8 Å². The number of phenolic OH excluding ortho intramolecular Hbond substituents is 1. The van der Waals surface area contributed by atoms with E-state index in [-0.39, 0.29) is 21.4 Å². The lowest BCUT2D eigenvalue weighted by Gasteiger charge is -2.09. The molecule has 0 bridgehead atoms. The van der Waals surface area contributed by atoms with Crippen LogP contribution in [0.2, 0.25) is 10.0 Å². The molecule has 0 aromatic heterocycles. The third kappa shape index (κ3) is 3.52. The number of benzene rings is 2. The van der Waals surface area contributed by atoms with E-state index in [9.17, 15) is 13.9 Å². The number of halogens is 4. The Balaban J connectivity index is 2.05. The number of hydrogen-bond donors (Lipinski definition) is 2. The average Bonchev–Trinajstić information content (AvgIpc) is 2.42. The molecule has 0 saturated heterocycles. The van der Waals surface area contributed by atoms with Gasteiger partial charge in [-0.15, -0.1) is 0 Å². The van der Waals surface area contributed by atoms with Gasteiger partial charge in [-0.1, -0.05) is 47.5 Å². The molecule has 0 fully saturated rings. The predicted molar refractivity (Wildman–Crippen MR) is 76.9 cm³/mol. The van der Waals surface area contributed by atoms with Gasteiger partial charge in [0.2, 0.25) is 0 Å². The van der Waals surface area contributed by atoms with E-state index in [0.717, 1.165) is 5.56 Å². The van der Waals surface area contributed by atoms with E-state index < -0.39 is 6.43 Å². The summed E-state index contributed by atoms with van der Waals surface area (Å²) in [6.07, 6.45) is -2.47. The summed E-state index contributed by atoms with van der Waals surface area (Å²) in [7, 11) is 0. The first kappa shape index (κ1) is 14.9. The van der Waals surface area contributed by atoms with E-state index in [1.807, 2.05) is 0 Å². The second-order valence-corrected chi connectivity index (χ2v) is 5.00. The molecule has 2 aromatic rings. The normalized spacial score (nSPS) is 10.8. The first-order chi connectivity index (χ1) is 9.47. The summed E-state index contributed by atoms with van der Waals surface area (Å²) < 4.78 is 24.8. The molecular weight excluding hydrogens is 307 g/mol. The number of phenols is 1. The molecule has 0 heterocycles. The fourth-order valence-corrected chi connectivity index (χ4v) is 2.14. The maximum Gasteiger partial charge on any atom is 0.263 e. The van der Waals surface area contributed by atoms with E-state index in [0.29, 0.717) is 12.2 Å². The van der Waals surface area contributed by atoms with Crippen LogP contribution in [-0.2, 0) is 6.54 Å². The van der Waals surface area contributed by atoms with Crippen LogP contribution in [0.4, 0.5) is 14.5 Å². The minimum Gasteiger partial charge on any atom is -0.505 e. The Bertz CT molecular complexity index is 580. The Morgan fingerprint density at radius 2 is 1.60 bits per heavy atom. The van der Waals surface area contributed by atoms with E-state index in [2.05, 4.69) is 5.32 Å². The molecule has 2 N–H and O–H groups in total. The van der Waals surface area contributed by atoms with Crippen LogP contribution in [0.3, 0.4) is 0 Å². The minimum atomic E-state index is -2.47. The number of anilines is 1. The molecule has 6 heteroatoms. The largest absolute Gasteiger partial charge is 0.505 e. The highest BCUT2D eigenvalue weighted by atomic mass is 35.5. The summed E-state index contributed by atoms with van der Waals surface area (Å²) >= 11 is 11.6. The van der Waals surface area contributed by atoms with Crippen molar-refractivity contribution in [2.24, 2.45) is 0 Å². The van der Waals surface area contributed by atoms with Gasteiger partial charge in [0.15, 0.2) is 5.75 Å². The molecule has 0 aliphatic heterocycles. The number of hydrogen-bond acceptors (Lipinski definition) is 2.